The van der Waals surface area contributed by atoms with E-state index in [1.165, 1.54) is 11.3 Å². The Kier molecular flexibility index (Phi) is 2.40. The van der Waals surface area contributed by atoms with Gasteiger partial charge in [-0.1, -0.05) is 0 Å². The molecule has 0 saturated carbocycles. The van der Waals surface area contributed by atoms with E-state index in [1.807, 2.05) is 11.4 Å². The molecule has 1 heterocycles. The molecule has 1 aromatic carbocycles. The number of thiophene rings is 1. The molecule has 2 nitrogen and oxygen atoms in total. The van der Waals surface area contributed by atoms with Crippen molar-refractivity contribution in [3.8, 4) is 12.1 Å². The Morgan fingerprint density at radius 2 is 2.07 bits per heavy atom. The van der Waals surface area contributed by atoms with E-state index >= 15 is 0 Å². The highest BCUT2D eigenvalue weighted by molar-refractivity contribution is 14.1. The largest absolute Gasteiger partial charge is 0.192 e. The first-order valence-electron chi connectivity index (χ1n) is 3.78. The average molecular weight is 310 g/mol. The van der Waals surface area contributed by atoms with Crippen LogP contribution in [0, 0.1) is 26.2 Å². The monoisotopic (exact) mass is 310 g/mol. The summed E-state index contributed by atoms with van der Waals surface area (Å²) >= 11 is 3.59. The topological polar surface area (TPSA) is 47.6 Å². The smallest absolute Gasteiger partial charge is 0.102 e. The molecule has 0 aliphatic heterocycles. The van der Waals surface area contributed by atoms with Crippen LogP contribution in [-0.2, 0) is 0 Å². The van der Waals surface area contributed by atoms with Crippen LogP contribution in [0.15, 0.2) is 17.5 Å². The quantitative estimate of drug-likeness (QED) is 0.701. The van der Waals surface area contributed by atoms with Crippen molar-refractivity contribution in [2.75, 3.05) is 0 Å². The lowest BCUT2D eigenvalue weighted by Gasteiger charge is -1.98. The molecule has 2 aromatic rings. The molecule has 0 bridgehead atoms. The summed E-state index contributed by atoms with van der Waals surface area (Å²) < 4.78 is 1.76. The third-order valence-corrected chi connectivity index (χ3v) is 3.71. The Bertz CT molecular complexity index is 586. The molecule has 14 heavy (non-hydrogen) atoms. The molecular formula is C10H3IN2S. The standard InChI is InChI=1S/C10H3IN2S/c11-9-3-6(4-12)7-1-2-14-10(7)8(9)5-13/h1-3H. The molecular weight excluding hydrogens is 307 g/mol. The molecule has 0 atom stereocenters. The fourth-order valence-corrected chi connectivity index (χ4v) is 3.10. The molecule has 0 amide bonds. The maximum absolute atomic E-state index is 8.97. The first-order valence-corrected chi connectivity index (χ1v) is 5.73. The van der Waals surface area contributed by atoms with Crippen molar-refractivity contribution in [1.82, 2.24) is 0 Å². The Hall–Kier alpha value is -1.11. The van der Waals surface area contributed by atoms with Crippen molar-refractivity contribution in [3.63, 3.8) is 0 Å². The molecule has 1 aromatic heterocycles. The number of nitriles is 2. The van der Waals surface area contributed by atoms with Crippen molar-refractivity contribution >= 4 is 44.0 Å². The normalized spacial score (nSPS) is 9.64. The summed E-state index contributed by atoms with van der Waals surface area (Å²) in [4.78, 5) is 0. The minimum absolute atomic E-state index is 0.643. The van der Waals surface area contributed by atoms with E-state index in [9.17, 15) is 0 Å². The van der Waals surface area contributed by atoms with Gasteiger partial charge in [0.25, 0.3) is 0 Å². The third kappa shape index (κ3) is 1.28. The zero-order chi connectivity index (χ0) is 10.1. The second kappa shape index (κ2) is 3.56. The van der Waals surface area contributed by atoms with Crippen LogP contribution in [-0.4, -0.2) is 0 Å². The van der Waals surface area contributed by atoms with Gasteiger partial charge >= 0.3 is 0 Å². The fraction of sp³-hybridized carbons (Fsp3) is 0. The molecule has 0 N–H and O–H groups in total. The SMILES string of the molecule is N#Cc1cc(I)c(C#N)c2sccc12. The lowest BCUT2D eigenvalue weighted by molar-refractivity contribution is 1.47. The predicted molar refractivity (Wildman–Crippen MR) is 64.0 cm³/mol. The lowest BCUT2D eigenvalue weighted by atomic mass is 10.1. The number of halogens is 1. The number of hydrogen-bond acceptors (Lipinski definition) is 3. The zero-order valence-electron chi connectivity index (χ0n) is 6.91. The van der Waals surface area contributed by atoms with Gasteiger partial charge in [-0.3, -0.25) is 0 Å². The Balaban J connectivity index is 3.00. The van der Waals surface area contributed by atoms with Gasteiger partial charge in [0.1, 0.15) is 6.07 Å². The molecule has 0 radical (unpaired) electrons. The first-order chi connectivity index (χ1) is 6.77. The summed E-state index contributed by atoms with van der Waals surface area (Å²) in [7, 11) is 0. The molecule has 66 valence electrons. The van der Waals surface area contributed by atoms with Gasteiger partial charge in [0.05, 0.1) is 21.9 Å². The molecule has 0 aliphatic carbocycles. The van der Waals surface area contributed by atoms with Gasteiger partial charge in [-0.25, -0.2) is 0 Å². The molecule has 0 spiro atoms. The highest BCUT2D eigenvalue weighted by Gasteiger charge is 2.10. The van der Waals surface area contributed by atoms with Crippen molar-refractivity contribution in [2.45, 2.75) is 0 Å². The molecule has 0 aliphatic rings. The van der Waals surface area contributed by atoms with Crippen LogP contribution < -0.4 is 0 Å². The van der Waals surface area contributed by atoms with E-state index < -0.39 is 0 Å². The maximum Gasteiger partial charge on any atom is 0.102 e. The molecule has 2 rings (SSSR count). The van der Waals surface area contributed by atoms with Crippen LogP contribution in [0.25, 0.3) is 10.1 Å². The van der Waals surface area contributed by atoms with Gasteiger partial charge in [0.15, 0.2) is 0 Å². The Labute approximate surface area is 98.5 Å². The van der Waals surface area contributed by atoms with E-state index in [0.29, 0.717) is 11.1 Å². The van der Waals surface area contributed by atoms with Gasteiger partial charge < -0.3 is 0 Å². The summed E-state index contributed by atoms with van der Waals surface area (Å²) in [6.07, 6.45) is 0. The summed E-state index contributed by atoms with van der Waals surface area (Å²) in [5, 5.41) is 20.7. The summed E-state index contributed by atoms with van der Waals surface area (Å²) in [6.45, 7) is 0. The summed E-state index contributed by atoms with van der Waals surface area (Å²) in [5.74, 6) is 0. The van der Waals surface area contributed by atoms with E-state index in [1.54, 1.807) is 6.07 Å². The van der Waals surface area contributed by atoms with Gasteiger partial charge in [0, 0.05) is 8.96 Å². The van der Waals surface area contributed by atoms with Crippen LogP contribution in [0.4, 0.5) is 0 Å². The van der Waals surface area contributed by atoms with E-state index in [4.69, 9.17) is 10.5 Å². The van der Waals surface area contributed by atoms with Crippen LogP contribution >= 0.6 is 33.9 Å². The Morgan fingerprint density at radius 1 is 1.29 bits per heavy atom. The van der Waals surface area contributed by atoms with Crippen molar-refractivity contribution in [1.29, 1.82) is 10.5 Å². The highest BCUT2D eigenvalue weighted by Crippen LogP contribution is 2.30. The third-order valence-electron chi connectivity index (χ3n) is 1.92. The summed E-state index contributed by atoms with van der Waals surface area (Å²) in [6, 6.07) is 7.95. The number of benzene rings is 1. The first kappa shape index (κ1) is 9.45. The minimum atomic E-state index is 0.643. The van der Waals surface area contributed by atoms with E-state index in [2.05, 4.69) is 34.7 Å². The van der Waals surface area contributed by atoms with Crippen LogP contribution in [0.1, 0.15) is 11.1 Å². The second-order valence-electron chi connectivity index (χ2n) is 2.67. The number of hydrogen-bond donors (Lipinski definition) is 0. The highest BCUT2D eigenvalue weighted by atomic mass is 127. The molecule has 0 unspecified atom stereocenters. The Morgan fingerprint density at radius 3 is 2.71 bits per heavy atom. The van der Waals surface area contributed by atoms with Crippen LogP contribution in [0.3, 0.4) is 0 Å². The van der Waals surface area contributed by atoms with Gasteiger partial charge in [-0.05, 0) is 40.1 Å². The number of rotatable bonds is 0. The predicted octanol–water partition coefficient (Wildman–Crippen LogP) is 3.25. The lowest BCUT2D eigenvalue weighted by Crippen LogP contribution is -1.85. The van der Waals surface area contributed by atoms with Crippen LogP contribution in [0.2, 0.25) is 0 Å². The van der Waals surface area contributed by atoms with Gasteiger partial charge in [-0.2, -0.15) is 10.5 Å². The minimum Gasteiger partial charge on any atom is -0.192 e. The summed E-state index contributed by atoms with van der Waals surface area (Å²) in [5.41, 5.74) is 1.32. The zero-order valence-corrected chi connectivity index (χ0v) is 9.89. The molecule has 0 saturated heterocycles. The second-order valence-corrected chi connectivity index (χ2v) is 4.75. The maximum atomic E-state index is 8.97. The van der Waals surface area contributed by atoms with E-state index in [-0.39, 0.29) is 0 Å². The van der Waals surface area contributed by atoms with E-state index in [0.717, 1.165) is 13.7 Å². The van der Waals surface area contributed by atoms with Crippen molar-refractivity contribution in [3.05, 3.63) is 32.2 Å². The molecule has 4 heteroatoms. The van der Waals surface area contributed by atoms with Crippen LogP contribution in [0.5, 0.6) is 0 Å². The fourth-order valence-electron chi connectivity index (χ4n) is 1.30. The number of fused-ring (bicyclic) bond motifs is 1. The molecule has 0 fully saturated rings. The number of nitrogens with zero attached hydrogens (tertiary/aromatic N) is 2. The average Bonchev–Trinajstić information content (AvgIpc) is 2.65. The van der Waals surface area contributed by atoms with Gasteiger partial charge in [0.2, 0.25) is 0 Å². The van der Waals surface area contributed by atoms with Crippen molar-refractivity contribution in [2.24, 2.45) is 0 Å². The van der Waals surface area contributed by atoms with Gasteiger partial charge in [-0.15, -0.1) is 11.3 Å². The van der Waals surface area contributed by atoms with Crippen molar-refractivity contribution < 1.29 is 0 Å².